The number of anilines is 2. The number of hydrogen-bond donors (Lipinski definition) is 1. The van der Waals surface area contributed by atoms with E-state index in [1.165, 1.54) is 16.8 Å². The van der Waals surface area contributed by atoms with Crippen molar-refractivity contribution in [3.8, 4) is 5.69 Å². The summed E-state index contributed by atoms with van der Waals surface area (Å²) in [5, 5.41) is 11.1. The van der Waals surface area contributed by atoms with E-state index in [0.29, 0.717) is 22.8 Å². The van der Waals surface area contributed by atoms with E-state index in [1.54, 1.807) is 18.3 Å². The molecule has 0 amide bonds. The first kappa shape index (κ1) is 13.3. The van der Waals surface area contributed by atoms with Gasteiger partial charge in [0.25, 0.3) is 0 Å². The second-order valence-corrected chi connectivity index (χ2v) is 4.87. The first-order valence-corrected chi connectivity index (χ1v) is 6.96. The van der Waals surface area contributed by atoms with Crippen molar-refractivity contribution >= 4 is 22.8 Å². The monoisotopic (exact) mass is 306 g/mol. The fraction of sp³-hybridized carbons (Fsp3) is 0. The predicted octanol–water partition coefficient (Wildman–Crippen LogP) is 3.09. The minimum Gasteiger partial charge on any atom is -0.324 e. The molecule has 7 heteroatoms. The van der Waals surface area contributed by atoms with Crippen molar-refractivity contribution in [1.82, 2.24) is 25.0 Å². The average Bonchev–Trinajstić information content (AvgIpc) is 2.99. The zero-order valence-electron chi connectivity index (χ0n) is 11.9. The van der Waals surface area contributed by atoms with Crippen LogP contribution in [0.4, 0.5) is 16.0 Å². The van der Waals surface area contributed by atoms with E-state index in [1.807, 2.05) is 30.3 Å². The van der Waals surface area contributed by atoms with Crippen LogP contribution < -0.4 is 5.32 Å². The first-order valence-electron chi connectivity index (χ1n) is 6.96. The fourth-order valence-electron chi connectivity index (χ4n) is 2.22. The Kier molecular flexibility index (Phi) is 3.16. The quantitative estimate of drug-likeness (QED) is 0.630. The van der Waals surface area contributed by atoms with Gasteiger partial charge in [0.1, 0.15) is 5.82 Å². The third kappa shape index (κ3) is 2.59. The molecule has 0 aliphatic carbocycles. The number of rotatable bonds is 3. The molecular formula is C16H11FN6. The lowest BCUT2D eigenvalue weighted by Gasteiger charge is -2.05. The largest absolute Gasteiger partial charge is 0.324 e. The van der Waals surface area contributed by atoms with E-state index >= 15 is 0 Å². The van der Waals surface area contributed by atoms with Gasteiger partial charge in [-0.3, -0.25) is 0 Å². The van der Waals surface area contributed by atoms with Crippen LogP contribution in [0.1, 0.15) is 0 Å². The highest BCUT2D eigenvalue weighted by molar-refractivity contribution is 5.72. The van der Waals surface area contributed by atoms with Gasteiger partial charge in [-0.25, -0.2) is 9.37 Å². The lowest BCUT2D eigenvalue weighted by atomic mass is 10.3. The summed E-state index contributed by atoms with van der Waals surface area (Å²) in [5.41, 5.74) is 2.46. The summed E-state index contributed by atoms with van der Waals surface area (Å²) in [7, 11) is 0. The van der Waals surface area contributed by atoms with E-state index in [0.717, 1.165) is 5.69 Å². The molecule has 0 atom stereocenters. The summed E-state index contributed by atoms with van der Waals surface area (Å²) in [4.78, 5) is 8.64. The highest BCUT2D eigenvalue weighted by Crippen LogP contribution is 2.18. The normalized spacial score (nSPS) is 10.8. The number of hydrogen-bond acceptors (Lipinski definition) is 5. The molecule has 2 aromatic carbocycles. The number of nitrogens with zero attached hydrogens (tertiary/aromatic N) is 5. The molecular weight excluding hydrogens is 295 g/mol. The summed E-state index contributed by atoms with van der Waals surface area (Å²) < 4.78 is 14.9. The summed E-state index contributed by atoms with van der Waals surface area (Å²) in [6, 6.07) is 15.7. The van der Waals surface area contributed by atoms with Crippen LogP contribution in [0, 0.1) is 5.82 Å². The van der Waals surface area contributed by atoms with E-state index in [2.05, 4.69) is 25.6 Å². The maximum atomic E-state index is 13.4. The average molecular weight is 306 g/mol. The summed E-state index contributed by atoms with van der Waals surface area (Å²) >= 11 is 0. The van der Waals surface area contributed by atoms with E-state index < -0.39 is 0 Å². The summed E-state index contributed by atoms with van der Waals surface area (Å²) in [6.07, 6.45) is 1.58. The molecule has 1 N–H and O–H groups in total. The molecule has 0 aliphatic heterocycles. The molecule has 0 fully saturated rings. The zero-order valence-corrected chi connectivity index (χ0v) is 11.9. The van der Waals surface area contributed by atoms with Crippen LogP contribution in [0.2, 0.25) is 0 Å². The second kappa shape index (κ2) is 5.45. The third-order valence-electron chi connectivity index (χ3n) is 3.28. The molecule has 2 heterocycles. The Morgan fingerprint density at radius 2 is 1.87 bits per heavy atom. The summed E-state index contributed by atoms with van der Waals surface area (Å²) in [6.45, 7) is 0. The molecule has 2 aromatic heterocycles. The Labute approximate surface area is 130 Å². The van der Waals surface area contributed by atoms with Crippen LogP contribution in [-0.4, -0.2) is 25.0 Å². The predicted molar refractivity (Wildman–Crippen MR) is 84.1 cm³/mol. The number of halogens is 1. The molecule has 0 unspecified atom stereocenters. The number of fused-ring (bicyclic) bond motifs is 1. The van der Waals surface area contributed by atoms with Crippen molar-refractivity contribution in [2.75, 3.05) is 5.32 Å². The highest BCUT2D eigenvalue weighted by Gasteiger charge is 2.10. The molecule has 23 heavy (non-hydrogen) atoms. The molecule has 0 saturated carbocycles. The van der Waals surface area contributed by atoms with Gasteiger partial charge in [0, 0.05) is 5.69 Å². The Morgan fingerprint density at radius 3 is 2.70 bits per heavy atom. The van der Waals surface area contributed by atoms with Crippen LogP contribution in [0.3, 0.4) is 0 Å². The van der Waals surface area contributed by atoms with Crippen LogP contribution in [0.25, 0.3) is 16.9 Å². The molecule has 4 rings (SSSR count). The second-order valence-electron chi connectivity index (χ2n) is 4.87. The molecule has 6 nitrogen and oxygen atoms in total. The van der Waals surface area contributed by atoms with Gasteiger partial charge in [-0.15, -0.1) is 5.10 Å². The fourth-order valence-corrected chi connectivity index (χ4v) is 2.22. The van der Waals surface area contributed by atoms with Crippen molar-refractivity contribution in [3.63, 3.8) is 0 Å². The SMILES string of the molecule is Fc1cccc(-n2nnc3cnc(Nc4ccccc4)nc32)c1. The van der Waals surface area contributed by atoms with Crippen LogP contribution >= 0.6 is 0 Å². The van der Waals surface area contributed by atoms with Gasteiger partial charge in [-0.1, -0.05) is 29.5 Å². The van der Waals surface area contributed by atoms with Gasteiger partial charge >= 0.3 is 0 Å². The maximum absolute atomic E-state index is 13.4. The number of para-hydroxylation sites is 1. The van der Waals surface area contributed by atoms with Gasteiger partial charge in [0.05, 0.1) is 11.9 Å². The third-order valence-corrected chi connectivity index (χ3v) is 3.28. The first-order chi connectivity index (χ1) is 11.3. The van der Waals surface area contributed by atoms with Gasteiger partial charge < -0.3 is 5.32 Å². The number of benzene rings is 2. The maximum Gasteiger partial charge on any atom is 0.229 e. The molecule has 112 valence electrons. The Balaban J connectivity index is 1.77. The number of nitrogens with one attached hydrogen (secondary N) is 1. The van der Waals surface area contributed by atoms with E-state index in [9.17, 15) is 4.39 Å². The van der Waals surface area contributed by atoms with E-state index in [-0.39, 0.29) is 5.82 Å². The van der Waals surface area contributed by atoms with Gasteiger partial charge in [0.2, 0.25) is 5.95 Å². The Hall–Kier alpha value is -3.35. The Morgan fingerprint density at radius 1 is 1.00 bits per heavy atom. The van der Waals surface area contributed by atoms with Crippen molar-refractivity contribution in [2.24, 2.45) is 0 Å². The van der Waals surface area contributed by atoms with Crippen molar-refractivity contribution in [1.29, 1.82) is 0 Å². The Bertz CT molecular complexity index is 967. The van der Waals surface area contributed by atoms with Crippen molar-refractivity contribution < 1.29 is 4.39 Å². The van der Waals surface area contributed by atoms with E-state index in [4.69, 9.17) is 0 Å². The van der Waals surface area contributed by atoms with Crippen molar-refractivity contribution in [3.05, 3.63) is 66.6 Å². The summed E-state index contributed by atoms with van der Waals surface area (Å²) in [5.74, 6) is 0.0755. The van der Waals surface area contributed by atoms with Gasteiger partial charge in [-0.2, -0.15) is 9.67 Å². The number of aromatic nitrogens is 5. The lowest BCUT2D eigenvalue weighted by Crippen LogP contribution is -2.01. The molecule has 0 saturated heterocycles. The zero-order chi connectivity index (χ0) is 15.6. The highest BCUT2D eigenvalue weighted by atomic mass is 19.1. The van der Waals surface area contributed by atoms with Crippen LogP contribution in [-0.2, 0) is 0 Å². The smallest absolute Gasteiger partial charge is 0.229 e. The minimum atomic E-state index is -0.345. The standard InChI is InChI=1S/C16H11FN6/c17-11-5-4-8-13(9-11)23-15-14(21-22-23)10-18-16(20-15)19-12-6-2-1-3-7-12/h1-10H,(H,18,19,20). The lowest BCUT2D eigenvalue weighted by molar-refractivity contribution is 0.625. The van der Waals surface area contributed by atoms with Gasteiger partial charge in [0.15, 0.2) is 11.2 Å². The molecule has 0 aliphatic rings. The van der Waals surface area contributed by atoms with Gasteiger partial charge in [-0.05, 0) is 30.3 Å². The molecule has 0 radical (unpaired) electrons. The van der Waals surface area contributed by atoms with Crippen molar-refractivity contribution in [2.45, 2.75) is 0 Å². The topological polar surface area (TPSA) is 68.5 Å². The van der Waals surface area contributed by atoms with Crippen LogP contribution in [0.5, 0.6) is 0 Å². The van der Waals surface area contributed by atoms with Crippen LogP contribution in [0.15, 0.2) is 60.8 Å². The molecule has 0 spiro atoms. The molecule has 0 bridgehead atoms. The molecule has 4 aromatic rings. The minimum absolute atomic E-state index is 0.345.